The molecule has 2 rings (SSSR count). The summed E-state index contributed by atoms with van der Waals surface area (Å²) in [5.41, 5.74) is 0.324. The number of fused-ring (bicyclic) bond motifs is 2. The normalized spacial score (nSPS) is 39.2. The van der Waals surface area contributed by atoms with Gasteiger partial charge in [-0.15, -0.1) is 6.42 Å². The number of hydrogen-bond acceptors (Lipinski definition) is 1. The quantitative estimate of drug-likeness (QED) is 0.556. The lowest BCUT2D eigenvalue weighted by Crippen LogP contribution is -2.39. The summed E-state index contributed by atoms with van der Waals surface area (Å²) in [5, 5.41) is 10.3. The number of terminal acetylenes is 1. The minimum Gasteiger partial charge on any atom is -0.378 e. The molecule has 2 aliphatic rings. The average molecular weight is 216 g/mol. The molecule has 0 spiro atoms. The first-order valence-corrected chi connectivity index (χ1v) is 5.99. The van der Waals surface area contributed by atoms with Gasteiger partial charge in [-0.05, 0) is 44.9 Å². The van der Waals surface area contributed by atoms with Crippen molar-refractivity contribution in [3.63, 3.8) is 0 Å². The van der Waals surface area contributed by atoms with Crippen molar-refractivity contribution in [1.29, 1.82) is 0 Å². The highest BCUT2D eigenvalue weighted by Gasteiger charge is 2.50. The van der Waals surface area contributed by atoms with Gasteiger partial charge in [-0.25, -0.2) is 0 Å². The van der Waals surface area contributed by atoms with Gasteiger partial charge in [-0.3, -0.25) is 0 Å². The van der Waals surface area contributed by atoms with E-state index in [0.29, 0.717) is 17.8 Å². The van der Waals surface area contributed by atoms with Gasteiger partial charge in [0.15, 0.2) is 0 Å². The molecule has 0 amide bonds. The first-order chi connectivity index (χ1) is 7.45. The zero-order valence-electron chi connectivity index (χ0n) is 10.3. The summed E-state index contributed by atoms with van der Waals surface area (Å²) in [6.45, 7) is 5.99. The van der Waals surface area contributed by atoms with Gasteiger partial charge < -0.3 is 5.11 Å². The van der Waals surface area contributed by atoms with Gasteiger partial charge in [0.25, 0.3) is 0 Å². The van der Waals surface area contributed by atoms with Crippen molar-refractivity contribution in [1.82, 2.24) is 0 Å². The van der Waals surface area contributed by atoms with Gasteiger partial charge in [0.05, 0.1) is 0 Å². The number of hydrogen-bond donors (Lipinski definition) is 1. The van der Waals surface area contributed by atoms with Crippen molar-refractivity contribution in [2.75, 3.05) is 0 Å². The Morgan fingerprint density at radius 2 is 2.06 bits per heavy atom. The standard InChI is InChI=1S/C15H20O/c1-5-15(4,16)14-12-7-6-11(9-12)13(14)8-10(2)3/h1,6-8,11-14,16H,9H2,2-4H3. The van der Waals surface area contributed by atoms with E-state index in [2.05, 4.69) is 38.0 Å². The molecular formula is C15H20O. The van der Waals surface area contributed by atoms with E-state index in [1.807, 2.05) is 0 Å². The Balaban J connectivity index is 2.33. The highest BCUT2D eigenvalue weighted by molar-refractivity contribution is 5.25. The maximum Gasteiger partial charge on any atom is 0.126 e. The summed E-state index contributed by atoms with van der Waals surface area (Å²) in [7, 11) is 0. The van der Waals surface area contributed by atoms with Crippen LogP contribution in [0.1, 0.15) is 27.2 Å². The molecule has 0 aromatic rings. The minimum absolute atomic E-state index is 0.183. The van der Waals surface area contributed by atoms with Gasteiger partial charge in [0.1, 0.15) is 5.60 Å². The molecule has 16 heavy (non-hydrogen) atoms. The summed E-state index contributed by atoms with van der Waals surface area (Å²) in [6, 6.07) is 0. The molecule has 2 aliphatic carbocycles. The van der Waals surface area contributed by atoms with Crippen LogP contribution >= 0.6 is 0 Å². The zero-order chi connectivity index (χ0) is 11.9. The summed E-state index contributed by atoms with van der Waals surface area (Å²) in [5.74, 6) is 4.18. The van der Waals surface area contributed by atoms with Crippen molar-refractivity contribution < 1.29 is 5.11 Å². The second-order valence-corrected chi connectivity index (χ2v) is 5.59. The van der Waals surface area contributed by atoms with Gasteiger partial charge >= 0.3 is 0 Å². The van der Waals surface area contributed by atoms with Crippen molar-refractivity contribution in [2.45, 2.75) is 32.8 Å². The molecule has 1 heteroatoms. The molecule has 2 bridgehead atoms. The molecule has 0 heterocycles. The lowest BCUT2D eigenvalue weighted by molar-refractivity contribution is 0.0278. The van der Waals surface area contributed by atoms with E-state index >= 15 is 0 Å². The molecule has 0 radical (unpaired) electrons. The van der Waals surface area contributed by atoms with Crippen LogP contribution in [0.2, 0.25) is 0 Å². The van der Waals surface area contributed by atoms with Crippen LogP contribution in [-0.4, -0.2) is 10.7 Å². The van der Waals surface area contributed by atoms with Crippen molar-refractivity contribution >= 4 is 0 Å². The van der Waals surface area contributed by atoms with Crippen molar-refractivity contribution in [3.05, 3.63) is 23.8 Å². The smallest absolute Gasteiger partial charge is 0.126 e. The molecule has 0 saturated heterocycles. The SMILES string of the molecule is C#CC(C)(O)C1C2C=CC(C2)C1C=C(C)C. The predicted octanol–water partition coefficient (Wildman–Crippen LogP) is 2.78. The lowest BCUT2D eigenvalue weighted by Gasteiger charge is -2.34. The Hall–Kier alpha value is -1.00. The van der Waals surface area contributed by atoms with E-state index in [0.717, 1.165) is 6.42 Å². The zero-order valence-corrected chi connectivity index (χ0v) is 10.3. The molecule has 5 unspecified atom stereocenters. The molecule has 1 nitrogen and oxygen atoms in total. The third-order valence-corrected chi connectivity index (χ3v) is 3.99. The van der Waals surface area contributed by atoms with Crippen LogP contribution in [0, 0.1) is 36.0 Å². The maximum absolute atomic E-state index is 10.3. The van der Waals surface area contributed by atoms with Crippen LogP contribution in [0.25, 0.3) is 0 Å². The second kappa shape index (κ2) is 3.79. The fourth-order valence-corrected chi connectivity index (χ4v) is 3.36. The molecule has 0 aromatic heterocycles. The summed E-state index contributed by atoms with van der Waals surface area (Å²) in [6.07, 6.45) is 13.4. The Morgan fingerprint density at radius 3 is 2.62 bits per heavy atom. The fourth-order valence-electron chi connectivity index (χ4n) is 3.36. The molecule has 0 aliphatic heterocycles. The molecule has 86 valence electrons. The van der Waals surface area contributed by atoms with E-state index in [1.54, 1.807) is 6.92 Å². The summed E-state index contributed by atoms with van der Waals surface area (Å²) in [4.78, 5) is 0. The van der Waals surface area contributed by atoms with E-state index in [1.165, 1.54) is 5.57 Å². The molecule has 0 aromatic carbocycles. The Morgan fingerprint density at radius 1 is 1.44 bits per heavy atom. The summed E-state index contributed by atoms with van der Waals surface area (Å²) < 4.78 is 0. The van der Waals surface area contributed by atoms with Crippen LogP contribution in [-0.2, 0) is 0 Å². The molecule has 1 N–H and O–H groups in total. The van der Waals surface area contributed by atoms with Crippen molar-refractivity contribution in [2.24, 2.45) is 23.7 Å². The lowest BCUT2D eigenvalue weighted by atomic mass is 9.73. The van der Waals surface area contributed by atoms with E-state index < -0.39 is 5.60 Å². The fraction of sp³-hybridized carbons (Fsp3) is 0.600. The van der Waals surface area contributed by atoms with E-state index in [-0.39, 0.29) is 5.92 Å². The first kappa shape index (κ1) is 11.5. The van der Waals surface area contributed by atoms with Crippen LogP contribution in [0.3, 0.4) is 0 Å². The minimum atomic E-state index is -0.985. The maximum atomic E-state index is 10.3. The Labute approximate surface area is 98.3 Å². The number of rotatable bonds is 2. The highest BCUT2D eigenvalue weighted by atomic mass is 16.3. The molecule has 1 saturated carbocycles. The predicted molar refractivity (Wildman–Crippen MR) is 66.6 cm³/mol. The monoisotopic (exact) mass is 216 g/mol. The van der Waals surface area contributed by atoms with Gasteiger partial charge in [0, 0.05) is 5.92 Å². The second-order valence-electron chi connectivity index (χ2n) is 5.59. The van der Waals surface area contributed by atoms with Crippen LogP contribution < -0.4 is 0 Å². The number of allylic oxidation sites excluding steroid dienone is 4. The number of aliphatic hydroxyl groups is 1. The highest BCUT2D eigenvalue weighted by Crippen LogP contribution is 2.52. The first-order valence-electron chi connectivity index (χ1n) is 5.99. The van der Waals surface area contributed by atoms with E-state index in [9.17, 15) is 5.11 Å². The Kier molecular flexibility index (Phi) is 2.72. The molecule has 5 atom stereocenters. The third kappa shape index (κ3) is 1.72. The Bertz CT molecular complexity index is 377. The topological polar surface area (TPSA) is 20.2 Å². The molecule has 1 fully saturated rings. The van der Waals surface area contributed by atoms with E-state index in [4.69, 9.17) is 6.42 Å². The van der Waals surface area contributed by atoms with Crippen LogP contribution in [0.5, 0.6) is 0 Å². The van der Waals surface area contributed by atoms with Crippen LogP contribution in [0.4, 0.5) is 0 Å². The van der Waals surface area contributed by atoms with Crippen LogP contribution in [0.15, 0.2) is 23.8 Å². The average Bonchev–Trinajstić information content (AvgIpc) is 2.76. The van der Waals surface area contributed by atoms with Crippen molar-refractivity contribution in [3.8, 4) is 12.3 Å². The third-order valence-electron chi connectivity index (χ3n) is 3.99. The molecular weight excluding hydrogens is 196 g/mol. The van der Waals surface area contributed by atoms with Gasteiger partial charge in [-0.1, -0.05) is 29.7 Å². The summed E-state index contributed by atoms with van der Waals surface area (Å²) >= 11 is 0. The van der Waals surface area contributed by atoms with Gasteiger partial charge in [-0.2, -0.15) is 0 Å². The van der Waals surface area contributed by atoms with Gasteiger partial charge in [0.2, 0.25) is 0 Å². The largest absolute Gasteiger partial charge is 0.378 e.